The van der Waals surface area contributed by atoms with E-state index < -0.39 is 0 Å². The maximum absolute atomic E-state index is 3.25. The molecule has 0 saturated carbocycles. The van der Waals surface area contributed by atoms with Crippen molar-refractivity contribution in [1.82, 2.24) is 4.90 Å². The summed E-state index contributed by atoms with van der Waals surface area (Å²) in [5.41, 5.74) is 2.53. The normalized spacial score (nSPS) is 9.73. The molecule has 0 saturated heterocycles. The van der Waals surface area contributed by atoms with Crippen LogP contribution >= 0.6 is 0 Å². The van der Waals surface area contributed by atoms with Crippen molar-refractivity contribution < 1.29 is 0 Å². The molecular formula is C14H25N. The molecule has 1 heteroatoms. The SMILES string of the molecule is CCCN(CC#CC(C)=C(C)C)CCC. The van der Waals surface area contributed by atoms with Gasteiger partial charge in [0.2, 0.25) is 0 Å². The van der Waals surface area contributed by atoms with Gasteiger partial charge in [0.1, 0.15) is 0 Å². The molecule has 1 nitrogen and oxygen atoms in total. The molecular weight excluding hydrogens is 182 g/mol. The lowest BCUT2D eigenvalue weighted by Crippen LogP contribution is -2.25. The zero-order chi connectivity index (χ0) is 11.7. The Bertz CT molecular complexity index is 242. The minimum atomic E-state index is 0.909. The van der Waals surface area contributed by atoms with Gasteiger partial charge in [-0.2, -0.15) is 0 Å². The minimum Gasteiger partial charge on any atom is -0.292 e. The van der Waals surface area contributed by atoms with E-state index in [-0.39, 0.29) is 0 Å². The topological polar surface area (TPSA) is 3.24 Å². The van der Waals surface area contributed by atoms with Crippen LogP contribution in [0.25, 0.3) is 0 Å². The Morgan fingerprint density at radius 2 is 1.53 bits per heavy atom. The van der Waals surface area contributed by atoms with Gasteiger partial charge in [-0.15, -0.1) is 0 Å². The molecule has 0 aromatic rings. The number of hydrogen-bond acceptors (Lipinski definition) is 1. The number of nitrogens with zero attached hydrogens (tertiary/aromatic N) is 1. The highest BCUT2D eigenvalue weighted by atomic mass is 15.1. The van der Waals surface area contributed by atoms with Gasteiger partial charge in [-0.1, -0.05) is 31.3 Å². The lowest BCUT2D eigenvalue weighted by molar-refractivity contribution is 0.308. The molecule has 0 aromatic carbocycles. The molecule has 0 fully saturated rings. The second kappa shape index (κ2) is 8.56. The smallest absolute Gasteiger partial charge is 0.0605 e. The van der Waals surface area contributed by atoms with E-state index in [1.165, 1.54) is 24.0 Å². The molecule has 0 spiro atoms. The Kier molecular flexibility index (Phi) is 8.14. The first-order valence-corrected chi connectivity index (χ1v) is 5.97. The molecule has 0 aliphatic heterocycles. The highest BCUT2D eigenvalue weighted by Gasteiger charge is 1.98. The average Bonchev–Trinajstić information content (AvgIpc) is 2.18. The summed E-state index contributed by atoms with van der Waals surface area (Å²) in [6.07, 6.45) is 2.42. The Morgan fingerprint density at radius 1 is 1.00 bits per heavy atom. The number of hydrogen-bond donors (Lipinski definition) is 0. The molecule has 0 N–H and O–H groups in total. The van der Waals surface area contributed by atoms with Crippen molar-refractivity contribution >= 4 is 0 Å². The van der Waals surface area contributed by atoms with Gasteiger partial charge in [0.25, 0.3) is 0 Å². The van der Waals surface area contributed by atoms with Crippen molar-refractivity contribution in [2.45, 2.75) is 47.5 Å². The molecule has 0 amide bonds. The van der Waals surface area contributed by atoms with Crippen molar-refractivity contribution in [2.75, 3.05) is 19.6 Å². The lowest BCUT2D eigenvalue weighted by Gasteiger charge is -2.17. The van der Waals surface area contributed by atoms with Crippen LogP contribution in [0.2, 0.25) is 0 Å². The fraction of sp³-hybridized carbons (Fsp3) is 0.714. The molecule has 0 aliphatic carbocycles. The predicted octanol–water partition coefficient (Wildman–Crippen LogP) is 3.47. The number of allylic oxidation sites excluding steroid dienone is 2. The molecule has 0 rings (SSSR count). The van der Waals surface area contributed by atoms with E-state index in [2.05, 4.69) is 51.4 Å². The Hall–Kier alpha value is -0.740. The monoisotopic (exact) mass is 207 g/mol. The fourth-order valence-corrected chi connectivity index (χ4v) is 1.31. The first-order chi connectivity index (χ1) is 7.11. The largest absolute Gasteiger partial charge is 0.292 e. The summed E-state index contributed by atoms with van der Waals surface area (Å²) in [6.45, 7) is 14.0. The summed E-state index contributed by atoms with van der Waals surface area (Å²) in [6, 6.07) is 0. The first-order valence-electron chi connectivity index (χ1n) is 5.97. The molecule has 0 radical (unpaired) electrons. The van der Waals surface area contributed by atoms with Gasteiger partial charge in [0.05, 0.1) is 6.54 Å². The third kappa shape index (κ3) is 7.22. The van der Waals surface area contributed by atoms with Crippen LogP contribution in [-0.4, -0.2) is 24.5 Å². The van der Waals surface area contributed by atoms with Crippen LogP contribution in [0.4, 0.5) is 0 Å². The van der Waals surface area contributed by atoms with E-state index in [0.717, 1.165) is 19.6 Å². The van der Waals surface area contributed by atoms with E-state index in [4.69, 9.17) is 0 Å². The van der Waals surface area contributed by atoms with Crippen LogP contribution in [0.1, 0.15) is 47.5 Å². The maximum Gasteiger partial charge on any atom is 0.0605 e. The Morgan fingerprint density at radius 3 is 1.93 bits per heavy atom. The lowest BCUT2D eigenvalue weighted by atomic mass is 10.2. The molecule has 0 atom stereocenters. The van der Waals surface area contributed by atoms with E-state index in [1.807, 2.05) is 0 Å². The highest BCUT2D eigenvalue weighted by molar-refractivity contribution is 5.30. The zero-order valence-electron chi connectivity index (χ0n) is 11.0. The molecule has 0 unspecified atom stereocenters. The summed E-state index contributed by atoms with van der Waals surface area (Å²) in [5.74, 6) is 6.47. The van der Waals surface area contributed by atoms with Crippen molar-refractivity contribution in [3.8, 4) is 11.8 Å². The van der Waals surface area contributed by atoms with Gasteiger partial charge >= 0.3 is 0 Å². The fourth-order valence-electron chi connectivity index (χ4n) is 1.31. The summed E-state index contributed by atoms with van der Waals surface area (Å²) in [7, 11) is 0. The van der Waals surface area contributed by atoms with Gasteiger partial charge in [0.15, 0.2) is 0 Å². The van der Waals surface area contributed by atoms with Gasteiger partial charge in [-0.3, -0.25) is 4.90 Å². The van der Waals surface area contributed by atoms with Crippen LogP contribution in [0.3, 0.4) is 0 Å². The van der Waals surface area contributed by atoms with Crippen LogP contribution in [0, 0.1) is 11.8 Å². The average molecular weight is 207 g/mol. The molecule has 0 aromatic heterocycles. The van der Waals surface area contributed by atoms with E-state index in [1.54, 1.807) is 0 Å². The van der Waals surface area contributed by atoms with Crippen LogP contribution in [0.15, 0.2) is 11.1 Å². The van der Waals surface area contributed by atoms with Gasteiger partial charge in [-0.25, -0.2) is 0 Å². The van der Waals surface area contributed by atoms with Gasteiger partial charge in [0, 0.05) is 0 Å². The van der Waals surface area contributed by atoms with Crippen molar-refractivity contribution in [1.29, 1.82) is 0 Å². The second-order valence-electron chi connectivity index (χ2n) is 4.20. The first kappa shape index (κ1) is 14.3. The minimum absolute atomic E-state index is 0.909. The van der Waals surface area contributed by atoms with E-state index >= 15 is 0 Å². The van der Waals surface area contributed by atoms with Crippen molar-refractivity contribution in [2.24, 2.45) is 0 Å². The second-order valence-corrected chi connectivity index (χ2v) is 4.20. The molecule has 86 valence electrons. The van der Waals surface area contributed by atoms with Crippen molar-refractivity contribution in [3.05, 3.63) is 11.1 Å². The summed E-state index contributed by atoms with van der Waals surface area (Å²) >= 11 is 0. The van der Waals surface area contributed by atoms with Crippen molar-refractivity contribution in [3.63, 3.8) is 0 Å². The van der Waals surface area contributed by atoms with E-state index in [0.29, 0.717) is 0 Å². The van der Waals surface area contributed by atoms with E-state index in [9.17, 15) is 0 Å². The van der Waals surface area contributed by atoms with Crippen LogP contribution < -0.4 is 0 Å². The van der Waals surface area contributed by atoms with Crippen LogP contribution in [0.5, 0.6) is 0 Å². The summed E-state index contributed by atoms with van der Waals surface area (Å²) in [5, 5.41) is 0. The maximum atomic E-state index is 3.25. The van der Waals surface area contributed by atoms with Gasteiger partial charge in [-0.05, 0) is 52.3 Å². The highest BCUT2D eigenvalue weighted by Crippen LogP contribution is 1.99. The molecule has 0 bridgehead atoms. The third-order valence-corrected chi connectivity index (χ3v) is 2.41. The van der Waals surface area contributed by atoms with Gasteiger partial charge < -0.3 is 0 Å². The number of rotatable bonds is 5. The summed E-state index contributed by atoms with van der Waals surface area (Å²) < 4.78 is 0. The standard InChI is InChI=1S/C14H25N/c1-6-10-15(11-7-2)12-8-9-14(5)13(3)4/h6-7,10-12H2,1-5H3. The molecule has 0 aliphatic rings. The Labute approximate surface area is 95.6 Å². The molecule has 15 heavy (non-hydrogen) atoms. The third-order valence-electron chi connectivity index (χ3n) is 2.41. The Balaban J connectivity index is 4.13. The molecule has 0 heterocycles. The predicted molar refractivity (Wildman–Crippen MR) is 68.8 cm³/mol. The summed E-state index contributed by atoms with van der Waals surface area (Å²) in [4.78, 5) is 2.42. The van der Waals surface area contributed by atoms with Crippen LogP contribution in [-0.2, 0) is 0 Å². The quantitative estimate of drug-likeness (QED) is 0.624. The zero-order valence-corrected chi connectivity index (χ0v) is 11.0.